The first-order valence-electron chi connectivity index (χ1n) is 13.2. The van der Waals surface area contributed by atoms with E-state index in [0.29, 0.717) is 0 Å². The van der Waals surface area contributed by atoms with Gasteiger partial charge in [-0.3, -0.25) is 37.8 Å². The van der Waals surface area contributed by atoms with E-state index in [4.69, 9.17) is 58.4 Å². The van der Waals surface area contributed by atoms with Gasteiger partial charge in [0, 0.05) is 0 Å². The van der Waals surface area contributed by atoms with Gasteiger partial charge in [0.1, 0.15) is 30.5 Å². The summed E-state index contributed by atoms with van der Waals surface area (Å²) in [5.74, 6) is -0.515. The van der Waals surface area contributed by atoms with Crippen molar-refractivity contribution in [3.8, 4) is 0 Å². The number of hydrogen-bond donors (Lipinski definition) is 6. The highest BCUT2D eigenvalue weighted by Crippen LogP contribution is 2.54. The van der Waals surface area contributed by atoms with Gasteiger partial charge in [0.2, 0.25) is 19.5 Å². The molecule has 0 amide bonds. The minimum Gasteiger partial charge on any atom is -0.386 e. The Bertz CT molecular complexity index is 1920. The summed E-state index contributed by atoms with van der Waals surface area (Å²) in [6.45, 7) is -5.66. The first-order valence-corrected chi connectivity index (χ1v) is 17.4. The number of aromatic amines is 2. The van der Waals surface area contributed by atoms with Crippen LogP contribution in [0.15, 0.2) is 22.2 Å². The standard InChI is InChI=1S/C20H22BFN10O11P2S/c21-44(36)38-1-6-12(10(33)18(41-6)32-4-26-9-14(32)28-20(24)30-16(9)35)43-45(37,46)39-2-5-11(42-44)7(22)17(40-5)31-3-25-8-13(31)27-19(23)29-15(8)34/h3-7,10-12,17-18,33H,1-2H2,(H,37,46)(H3,23,27,29,34)(H3,24,28,30,35)/t5-,6-,7?,10?,11?,12?,17-,18-,44?,45?/m1/s1. The lowest BCUT2D eigenvalue weighted by Gasteiger charge is -2.30. The summed E-state index contributed by atoms with van der Waals surface area (Å²) < 4.78 is 65.0. The number of anilines is 2. The topological polar surface area (TPSA) is 292 Å². The molecule has 46 heavy (non-hydrogen) atoms. The van der Waals surface area contributed by atoms with Crippen molar-refractivity contribution >= 4 is 67.8 Å². The summed E-state index contributed by atoms with van der Waals surface area (Å²) >= 11 is 5.16. The SMILES string of the molecule is [B]P1(=O)OC[C@H]2O[C@@H](n3cnc4c(=O)[nH]c(N)nc43)C(O)C2OP(O)(=S)OC[C@H]2O[C@@H](n3cnc4c(=O)[nH]c(N)nc43)C(F)C2O1. The lowest BCUT2D eigenvalue weighted by molar-refractivity contribution is -0.0572. The molecule has 10 atom stereocenters. The zero-order valence-electron chi connectivity index (χ0n) is 22.9. The molecule has 26 heteroatoms. The highest BCUT2D eigenvalue weighted by atomic mass is 32.5. The number of H-pyrrole nitrogens is 2. The number of nitrogens with one attached hydrogen (secondary N) is 2. The highest BCUT2D eigenvalue weighted by molar-refractivity contribution is 8.07. The van der Waals surface area contributed by atoms with E-state index in [1.807, 2.05) is 0 Å². The minimum absolute atomic E-state index is 0.0577. The second kappa shape index (κ2) is 11.2. The molecule has 2 radical (unpaired) electrons. The van der Waals surface area contributed by atoms with Crippen molar-refractivity contribution in [3.05, 3.63) is 33.4 Å². The molecule has 3 fully saturated rings. The molecule has 0 bridgehead atoms. The van der Waals surface area contributed by atoms with Gasteiger partial charge in [-0.2, -0.15) is 9.97 Å². The molecule has 244 valence electrons. The fourth-order valence-corrected chi connectivity index (χ4v) is 7.83. The Morgan fingerprint density at radius 2 is 1.46 bits per heavy atom. The number of aliphatic hydroxyl groups excluding tert-OH is 1. The molecule has 4 aromatic rings. The monoisotopic (exact) mass is 702 g/mol. The van der Waals surface area contributed by atoms with E-state index >= 15 is 4.39 Å². The molecule has 8 N–H and O–H groups in total. The van der Waals surface area contributed by atoms with Crippen LogP contribution < -0.4 is 22.6 Å². The summed E-state index contributed by atoms with van der Waals surface area (Å²) in [6, 6.07) is 0. The van der Waals surface area contributed by atoms with Crippen molar-refractivity contribution < 1.29 is 46.5 Å². The van der Waals surface area contributed by atoms with Gasteiger partial charge in [-0.05, 0) is 11.8 Å². The smallest absolute Gasteiger partial charge is 0.325 e. The first-order chi connectivity index (χ1) is 21.7. The van der Waals surface area contributed by atoms with Crippen LogP contribution >= 0.6 is 14.2 Å². The molecular formula is C20H22BFN10O11P2S. The zero-order chi connectivity index (χ0) is 32.7. The quantitative estimate of drug-likeness (QED) is 0.0994. The third-order valence-electron chi connectivity index (χ3n) is 7.37. The third kappa shape index (κ3) is 5.48. The lowest BCUT2D eigenvalue weighted by atomic mass is 10.1. The van der Waals surface area contributed by atoms with Crippen molar-refractivity contribution in [1.29, 1.82) is 0 Å². The van der Waals surface area contributed by atoms with Gasteiger partial charge in [-0.15, -0.1) is 0 Å². The molecule has 0 aromatic carbocycles. The van der Waals surface area contributed by atoms with Crippen molar-refractivity contribution in [2.75, 3.05) is 24.7 Å². The number of ether oxygens (including phenoxy) is 2. The largest absolute Gasteiger partial charge is 0.386 e. The van der Waals surface area contributed by atoms with E-state index in [9.17, 15) is 24.2 Å². The number of aliphatic hydroxyl groups is 1. The zero-order valence-corrected chi connectivity index (χ0v) is 25.5. The van der Waals surface area contributed by atoms with Gasteiger partial charge in [0.05, 0.1) is 25.9 Å². The Labute approximate surface area is 260 Å². The number of fused-ring (bicyclic) bond motifs is 4. The first kappa shape index (κ1) is 31.5. The van der Waals surface area contributed by atoms with Crippen LogP contribution in [-0.4, -0.2) is 107 Å². The number of halogens is 1. The molecule has 0 saturated carbocycles. The summed E-state index contributed by atoms with van der Waals surface area (Å²) in [6.07, 6.45) is -10.5. The predicted octanol–water partition coefficient (Wildman–Crippen LogP) is -1.78. The maximum absolute atomic E-state index is 16.0. The maximum atomic E-state index is 16.0. The van der Waals surface area contributed by atoms with Crippen molar-refractivity contribution in [3.63, 3.8) is 0 Å². The van der Waals surface area contributed by atoms with Crippen molar-refractivity contribution in [1.82, 2.24) is 39.0 Å². The number of aromatic nitrogens is 8. The Morgan fingerprint density at radius 1 is 0.935 bits per heavy atom. The Balaban J connectivity index is 1.18. The molecule has 7 rings (SSSR count). The average molecular weight is 702 g/mol. The second-order valence-corrected chi connectivity index (χ2v) is 14.7. The van der Waals surface area contributed by atoms with Gasteiger partial charge < -0.3 is 44.5 Å². The van der Waals surface area contributed by atoms with E-state index in [-0.39, 0.29) is 34.2 Å². The maximum Gasteiger partial charge on any atom is 0.325 e. The lowest BCUT2D eigenvalue weighted by Crippen LogP contribution is -2.38. The number of nitrogen functional groups attached to an aromatic ring is 2. The summed E-state index contributed by atoms with van der Waals surface area (Å²) in [5, 5.41) is 11.2. The molecule has 3 saturated heterocycles. The van der Waals surface area contributed by atoms with Crippen LogP contribution in [0, 0.1) is 0 Å². The number of hydrogen-bond acceptors (Lipinski definition) is 17. The van der Waals surface area contributed by atoms with Gasteiger partial charge in [-0.25, -0.2) is 14.4 Å². The molecule has 7 heterocycles. The number of imidazole rings is 2. The van der Waals surface area contributed by atoms with E-state index in [1.165, 1.54) is 4.57 Å². The van der Waals surface area contributed by atoms with Crippen LogP contribution in [0.5, 0.6) is 0 Å². The fourth-order valence-electron chi connectivity index (χ4n) is 5.38. The normalized spacial score (nSPS) is 37.1. The summed E-state index contributed by atoms with van der Waals surface area (Å²) in [4.78, 5) is 55.9. The van der Waals surface area contributed by atoms with Crippen LogP contribution in [0.4, 0.5) is 16.3 Å². The van der Waals surface area contributed by atoms with E-state index < -0.39 is 87.7 Å². The number of alkyl halides is 1. The van der Waals surface area contributed by atoms with Crippen molar-refractivity contribution in [2.24, 2.45) is 0 Å². The Morgan fingerprint density at radius 3 is 2.07 bits per heavy atom. The molecule has 0 spiro atoms. The highest BCUT2D eigenvalue weighted by Gasteiger charge is 2.53. The second-order valence-electron chi connectivity index (χ2n) is 10.4. The number of rotatable bonds is 2. The molecule has 3 aliphatic rings. The Kier molecular flexibility index (Phi) is 7.68. The van der Waals surface area contributed by atoms with Gasteiger partial charge in [-0.1, -0.05) is 0 Å². The van der Waals surface area contributed by atoms with Crippen LogP contribution in [0.2, 0.25) is 0 Å². The van der Waals surface area contributed by atoms with E-state index in [1.54, 1.807) is 0 Å². The number of nitrogens with zero attached hydrogens (tertiary/aromatic N) is 6. The van der Waals surface area contributed by atoms with E-state index in [2.05, 4.69) is 29.9 Å². The summed E-state index contributed by atoms with van der Waals surface area (Å²) in [7, 11) is 1.21. The third-order valence-corrected chi connectivity index (χ3v) is 9.98. The van der Waals surface area contributed by atoms with Gasteiger partial charge in [0.15, 0.2) is 41.0 Å². The Hall–Kier alpha value is -3.15. The molecule has 6 unspecified atom stereocenters. The minimum atomic E-state index is -4.63. The van der Waals surface area contributed by atoms with Crippen LogP contribution in [0.25, 0.3) is 22.3 Å². The molecule has 3 aliphatic heterocycles. The van der Waals surface area contributed by atoms with Crippen LogP contribution in [0.1, 0.15) is 12.5 Å². The van der Waals surface area contributed by atoms with Crippen LogP contribution in [-0.2, 0) is 43.9 Å². The summed E-state index contributed by atoms with van der Waals surface area (Å²) in [5.41, 5.74) is 9.47. The average Bonchev–Trinajstić information content (AvgIpc) is 3.72. The molecular weight excluding hydrogens is 680 g/mol. The molecule has 21 nitrogen and oxygen atoms in total. The molecule has 4 aromatic heterocycles. The van der Waals surface area contributed by atoms with Crippen LogP contribution in [0.3, 0.4) is 0 Å². The number of nitrogens with two attached hydrogens (primary N) is 2. The van der Waals surface area contributed by atoms with E-state index in [0.717, 1.165) is 17.2 Å². The van der Waals surface area contributed by atoms with Crippen molar-refractivity contribution in [2.45, 2.75) is 49.1 Å². The predicted molar refractivity (Wildman–Crippen MR) is 155 cm³/mol. The molecule has 0 aliphatic carbocycles. The fraction of sp³-hybridized carbons (Fsp3) is 0.500. The van der Waals surface area contributed by atoms with Gasteiger partial charge in [0.25, 0.3) is 18.6 Å². The van der Waals surface area contributed by atoms with Gasteiger partial charge >= 0.3 is 6.72 Å².